The molecule has 0 spiro atoms. The van der Waals surface area contributed by atoms with Crippen molar-refractivity contribution in [2.75, 3.05) is 25.0 Å². The van der Waals surface area contributed by atoms with Crippen LogP contribution >= 0.6 is 0 Å². The highest BCUT2D eigenvalue weighted by atomic mass is 28.3. The van der Waals surface area contributed by atoms with E-state index in [4.69, 9.17) is 9.47 Å². The monoisotopic (exact) mass is 631 g/mol. The van der Waals surface area contributed by atoms with E-state index in [-0.39, 0.29) is 12.8 Å². The summed E-state index contributed by atoms with van der Waals surface area (Å²) in [5.74, 6) is 2.96. The largest absolute Gasteiger partial charge is 0.438 e. The van der Waals surface area contributed by atoms with Crippen LogP contribution in [0.25, 0.3) is 22.3 Å². The lowest BCUT2D eigenvalue weighted by atomic mass is 10.0. The van der Waals surface area contributed by atoms with Crippen LogP contribution in [0.1, 0.15) is 25.3 Å². The lowest BCUT2D eigenvalue weighted by Gasteiger charge is -2.31. The van der Waals surface area contributed by atoms with Gasteiger partial charge in [-0.1, -0.05) is 55.9 Å². The Labute approximate surface area is 263 Å². The molecule has 1 saturated heterocycles. The van der Waals surface area contributed by atoms with E-state index in [0.717, 1.165) is 22.9 Å². The minimum Gasteiger partial charge on any atom is -0.438 e. The molecule has 4 aromatic rings. The Bertz CT molecular complexity index is 1700. The Morgan fingerprint density at radius 1 is 1.07 bits per heavy atom. The van der Waals surface area contributed by atoms with Gasteiger partial charge in [-0.15, -0.1) is 0 Å². The summed E-state index contributed by atoms with van der Waals surface area (Å²) in [6, 6.07) is 18.2. The summed E-state index contributed by atoms with van der Waals surface area (Å²) in [5, 5.41) is 3.45. The van der Waals surface area contributed by atoms with Gasteiger partial charge < -0.3 is 19.4 Å². The van der Waals surface area contributed by atoms with Gasteiger partial charge in [-0.2, -0.15) is 0 Å². The number of likely N-dealkylation sites (tertiary alicyclic amines) is 1. The third kappa shape index (κ3) is 8.75. The number of benzene rings is 2. The van der Waals surface area contributed by atoms with Crippen molar-refractivity contribution in [1.82, 2.24) is 19.4 Å². The minimum atomic E-state index is -2.56. The zero-order valence-corrected chi connectivity index (χ0v) is 27.2. The van der Waals surface area contributed by atoms with E-state index >= 15 is 0 Å². The summed E-state index contributed by atoms with van der Waals surface area (Å²) in [5.41, 5.74) is 4.15. The van der Waals surface area contributed by atoms with Gasteiger partial charge in [0.1, 0.15) is 24.5 Å². The number of halogens is 2. The average Bonchev–Trinajstić information content (AvgIpc) is 3.36. The average molecular weight is 632 g/mol. The lowest BCUT2D eigenvalue weighted by molar-refractivity contribution is -0.111. The Hall–Kier alpha value is -4.11. The lowest BCUT2D eigenvalue weighted by Crippen LogP contribution is -2.38. The molecule has 3 heterocycles. The zero-order chi connectivity index (χ0) is 32.0. The molecule has 11 heteroatoms. The molecule has 0 atom stereocenters. The van der Waals surface area contributed by atoms with E-state index in [1.54, 1.807) is 31.2 Å². The molecule has 45 heavy (non-hydrogen) atoms. The van der Waals surface area contributed by atoms with Crippen LogP contribution in [-0.2, 0) is 22.8 Å². The molecular formula is C34H39F2N5O3Si. The minimum absolute atomic E-state index is 0.0964. The fraction of sp³-hybridized carbons (Fsp3) is 0.382. The summed E-state index contributed by atoms with van der Waals surface area (Å²) in [7, 11) is -1.27. The van der Waals surface area contributed by atoms with E-state index in [2.05, 4.69) is 51.7 Å². The molecular weight excluding hydrogens is 592 g/mol. The topological polar surface area (TPSA) is 81.5 Å². The number of aromatic nitrogens is 3. The SMILES string of the molecule is CC#CC(=O)Nc1cccc(Oc2ncnc3c2cc(-c2ccc(CN4CCC(F)(F)CC4)cc2)n3COCC[Si](C)(C)C)c1. The molecule has 1 N–H and O–H groups in total. The normalized spacial score (nSPS) is 15.0. The molecule has 2 aromatic carbocycles. The number of carbonyl (C=O) groups excluding carboxylic acids is 1. The number of fused-ring (bicyclic) bond motifs is 1. The highest BCUT2D eigenvalue weighted by Gasteiger charge is 2.33. The molecule has 0 saturated carbocycles. The fourth-order valence-corrected chi connectivity index (χ4v) is 5.89. The van der Waals surface area contributed by atoms with Crippen molar-refractivity contribution < 1.29 is 23.0 Å². The van der Waals surface area contributed by atoms with Crippen molar-refractivity contribution >= 4 is 30.7 Å². The van der Waals surface area contributed by atoms with Crippen molar-refractivity contribution in [3.63, 3.8) is 0 Å². The van der Waals surface area contributed by atoms with Crippen LogP contribution in [0.5, 0.6) is 11.6 Å². The number of ether oxygens (including phenoxy) is 2. The number of nitrogens with zero attached hydrogens (tertiary/aromatic N) is 4. The van der Waals surface area contributed by atoms with Crippen LogP contribution in [0, 0.1) is 11.8 Å². The molecule has 0 radical (unpaired) electrons. The van der Waals surface area contributed by atoms with Crippen LogP contribution in [0.15, 0.2) is 60.9 Å². The molecule has 0 unspecified atom stereocenters. The molecule has 1 fully saturated rings. The first-order valence-corrected chi connectivity index (χ1v) is 18.8. The molecule has 2 aromatic heterocycles. The van der Waals surface area contributed by atoms with Gasteiger partial charge >= 0.3 is 0 Å². The Morgan fingerprint density at radius 2 is 1.82 bits per heavy atom. The standard InChI is InChI=1S/C34H39F2N5O3Si/c1-5-7-31(42)39-27-8-6-9-28(20-27)44-33-29-21-30(41(32(29)37-23-38-33)24-43-18-19-45(2,3)4)26-12-10-25(11-13-26)22-40-16-14-34(35,36)15-17-40/h6,8-13,20-21,23H,14-19,22,24H2,1-4H3,(H,39,42). The summed E-state index contributed by atoms with van der Waals surface area (Å²) < 4.78 is 41.7. The van der Waals surface area contributed by atoms with Gasteiger partial charge in [-0.3, -0.25) is 9.69 Å². The van der Waals surface area contributed by atoms with Crippen LogP contribution in [0.2, 0.25) is 25.7 Å². The van der Waals surface area contributed by atoms with Gasteiger partial charge in [0.25, 0.3) is 11.8 Å². The van der Waals surface area contributed by atoms with Crippen molar-refractivity contribution in [2.24, 2.45) is 0 Å². The second-order valence-electron chi connectivity index (χ2n) is 12.5. The maximum Gasteiger partial charge on any atom is 0.300 e. The Kier molecular flexibility index (Phi) is 9.97. The summed E-state index contributed by atoms with van der Waals surface area (Å²) >= 11 is 0. The summed E-state index contributed by atoms with van der Waals surface area (Å²) in [6.45, 7) is 10.9. The molecule has 8 nitrogen and oxygen atoms in total. The molecule has 0 aliphatic carbocycles. The first-order valence-electron chi connectivity index (χ1n) is 15.1. The van der Waals surface area contributed by atoms with E-state index in [1.165, 1.54) is 6.33 Å². The van der Waals surface area contributed by atoms with E-state index in [9.17, 15) is 13.6 Å². The van der Waals surface area contributed by atoms with Crippen LogP contribution < -0.4 is 10.1 Å². The molecule has 0 bridgehead atoms. The zero-order valence-electron chi connectivity index (χ0n) is 26.2. The maximum atomic E-state index is 13.6. The number of hydrogen-bond donors (Lipinski definition) is 1. The van der Waals surface area contributed by atoms with Gasteiger partial charge in [-0.25, -0.2) is 18.7 Å². The van der Waals surface area contributed by atoms with Gasteiger partial charge in [0.15, 0.2) is 0 Å². The van der Waals surface area contributed by atoms with Crippen molar-refractivity contribution in [3.05, 3.63) is 66.5 Å². The molecule has 1 amide bonds. The van der Waals surface area contributed by atoms with Crippen molar-refractivity contribution in [2.45, 2.75) is 64.6 Å². The number of rotatable bonds is 11. The second kappa shape index (κ2) is 13.9. The first-order chi connectivity index (χ1) is 21.5. The number of amides is 1. The fourth-order valence-electron chi connectivity index (χ4n) is 5.13. The predicted octanol–water partition coefficient (Wildman–Crippen LogP) is 7.40. The molecule has 5 rings (SSSR count). The Morgan fingerprint density at radius 3 is 2.53 bits per heavy atom. The molecule has 236 valence electrons. The molecule has 1 aliphatic rings. The number of piperidine rings is 1. The number of hydrogen-bond acceptors (Lipinski definition) is 6. The third-order valence-electron chi connectivity index (χ3n) is 7.66. The quantitative estimate of drug-likeness (QED) is 0.106. The van der Waals surface area contributed by atoms with Crippen LogP contribution in [0.3, 0.4) is 0 Å². The summed E-state index contributed by atoms with van der Waals surface area (Å²) in [6.07, 6.45) is 1.27. The smallest absolute Gasteiger partial charge is 0.300 e. The van der Waals surface area contributed by atoms with Crippen LogP contribution in [0.4, 0.5) is 14.5 Å². The van der Waals surface area contributed by atoms with E-state index in [0.29, 0.717) is 61.3 Å². The first kappa shape index (κ1) is 32.3. The van der Waals surface area contributed by atoms with Crippen molar-refractivity contribution in [3.8, 4) is 34.7 Å². The van der Waals surface area contributed by atoms with Crippen LogP contribution in [-0.4, -0.2) is 59.0 Å². The number of alkyl halides is 2. The van der Waals surface area contributed by atoms with Gasteiger partial charge in [0.2, 0.25) is 5.88 Å². The highest BCUT2D eigenvalue weighted by Crippen LogP contribution is 2.35. The highest BCUT2D eigenvalue weighted by molar-refractivity contribution is 6.76. The van der Waals surface area contributed by atoms with Gasteiger partial charge in [0.05, 0.1) is 11.1 Å². The number of nitrogens with one attached hydrogen (secondary N) is 1. The predicted molar refractivity (Wildman–Crippen MR) is 175 cm³/mol. The van der Waals surface area contributed by atoms with E-state index in [1.807, 2.05) is 34.9 Å². The Balaban J connectivity index is 1.42. The number of carbonyl (C=O) groups is 1. The number of anilines is 1. The molecule has 1 aliphatic heterocycles. The van der Waals surface area contributed by atoms with E-state index < -0.39 is 19.9 Å². The van der Waals surface area contributed by atoms with Gasteiger partial charge in [-0.05, 0) is 48.2 Å². The van der Waals surface area contributed by atoms with Crippen molar-refractivity contribution in [1.29, 1.82) is 0 Å². The van der Waals surface area contributed by atoms with Gasteiger partial charge in [0, 0.05) is 58.9 Å². The summed E-state index contributed by atoms with van der Waals surface area (Å²) in [4.78, 5) is 23.1. The second-order valence-corrected chi connectivity index (χ2v) is 18.1. The third-order valence-corrected chi connectivity index (χ3v) is 9.36. The maximum absolute atomic E-state index is 13.6.